The van der Waals surface area contributed by atoms with Crippen LogP contribution in [-0.2, 0) is 6.18 Å². The summed E-state index contributed by atoms with van der Waals surface area (Å²) in [5.74, 6) is -2.38. The molecule has 1 aliphatic carbocycles. The van der Waals surface area contributed by atoms with E-state index in [1.165, 1.54) is 48.7 Å². The van der Waals surface area contributed by atoms with Crippen LogP contribution in [0.25, 0.3) is 28.1 Å². The van der Waals surface area contributed by atoms with Gasteiger partial charge in [0.05, 0.1) is 11.3 Å². The summed E-state index contributed by atoms with van der Waals surface area (Å²) >= 11 is 0. The van der Waals surface area contributed by atoms with Crippen LogP contribution in [-0.4, -0.2) is 30.2 Å². The molecule has 0 spiro atoms. The van der Waals surface area contributed by atoms with Gasteiger partial charge in [0.25, 0.3) is 5.91 Å². The largest absolute Gasteiger partial charge is 0.452 e. The van der Waals surface area contributed by atoms with Crippen LogP contribution in [0.3, 0.4) is 0 Å². The number of nitrogens with one attached hydrogen (secondary N) is 1. The molecule has 41 heavy (non-hydrogen) atoms. The Morgan fingerprint density at radius 3 is 2.44 bits per heavy atom. The van der Waals surface area contributed by atoms with E-state index in [9.17, 15) is 22.8 Å². The number of hydrogen-bond donors (Lipinski definition) is 2. The number of para-hydroxylation sites is 1. The van der Waals surface area contributed by atoms with Gasteiger partial charge >= 0.3 is 11.9 Å². The average molecular weight is 567 g/mol. The van der Waals surface area contributed by atoms with Gasteiger partial charge in [-0.25, -0.2) is 18.9 Å². The van der Waals surface area contributed by atoms with Gasteiger partial charge in [-0.15, -0.1) is 0 Å². The Labute approximate surface area is 229 Å². The van der Waals surface area contributed by atoms with E-state index in [2.05, 4.69) is 15.1 Å². The molecule has 1 amide bonds. The zero-order chi connectivity index (χ0) is 28.9. The summed E-state index contributed by atoms with van der Waals surface area (Å²) in [6.07, 6.45) is -0.0261. The van der Waals surface area contributed by atoms with Crippen LogP contribution < -0.4 is 16.2 Å². The Morgan fingerprint density at radius 2 is 1.78 bits per heavy atom. The highest BCUT2D eigenvalue weighted by atomic mass is 19.4. The Hall–Kier alpha value is -4.94. The monoisotopic (exact) mass is 566 g/mol. The molecule has 3 heterocycles. The van der Waals surface area contributed by atoms with Gasteiger partial charge in [-0.05, 0) is 43.2 Å². The minimum atomic E-state index is -4.99. The third-order valence-corrected chi connectivity index (χ3v) is 7.09. The smallest absolute Gasteiger partial charge is 0.434 e. The number of carbonyl (C=O) groups is 1. The Bertz CT molecular complexity index is 1840. The van der Waals surface area contributed by atoms with Crippen LogP contribution in [0.5, 0.6) is 11.5 Å². The van der Waals surface area contributed by atoms with Gasteiger partial charge < -0.3 is 10.5 Å². The maximum Gasteiger partial charge on any atom is 0.434 e. The normalized spacial score (nSPS) is 14.1. The van der Waals surface area contributed by atoms with Crippen LogP contribution in [0.4, 0.5) is 17.6 Å². The van der Waals surface area contributed by atoms with E-state index in [-0.39, 0.29) is 40.1 Å². The summed E-state index contributed by atoms with van der Waals surface area (Å²) in [5.41, 5.74) is 2.93. The minimum Gasteiger partial charge on any atom is -0.452 e. The fourth-order valence-corrected chi connectivity index (χ4v) is 5.34. The van der Waals surface area contributed by atoms with Gasteiger partial charge in [-0.3, -0.25) is 14.3 Å². The first kappa shape index (κ1) is 26.3. The van der Waals surface area contributed by atoms with Crippen LogP contribution in [0.2, 0.25) is 0 Å². The molecule has 0 bridgehead atoms. The van der Waals surface area contributed by atoms with E-state index in [0.29, 0.717) is 10.2 Å². The van der Waals surface area contributed by atoms with E-state index < -0.39 is 34.9 Å². The van der Waals surface area contributed by atoms with Gasteiger partial charge in [-0.2, -0.15) is 18.3 Å². The number of aromatic amines is 1. The fourth-order valence-electron chi connectivity index (χ4n) is 5.34. The van der Waals surface area contributed by atoms with Crippen molar-refractivity contribution in [3.05, 3.63) is 88.4 Å². The maximum atomic E-state index is 15.4. The molecule has 1 fully saturated rings. The summed E-state index contributed by atoms with van der Waals surface area (Å²) in [5, 5.41) is 4.03. The van der Waals surface area contributed by atoms with E-state index in [1.54, 1.807) is 10.6 Å². The number of ether oxygens (including phenoxy) is 1. The first-order valence-corrected chi connectivity index (χ1v) is 12.8. The summed E-state index contributed by atoms with van der Waals surface area (Å²) in [6.45, 7) is 0. The highest BCUT2D eigenvalue weighted by molar-refractivity contribution is 6.00. The molecule has 5 aromatic rings. The number of halogens is 4. The quantitative estimate of drug-likeness (QED) is 0.254. The lowest BCUT2D eigenvalue weighted by Crippen LogP contribution is -2.21. The van der Waals surface area contributed by atoms with Crippen molar-refractivity contribution in [3.63, 3.8) is 0 Å². The molecule has 210 valence electrons. The molecule has 0 aliphatic heterocycles. The van der Waals surface area contributed by atoms with E-state index in [1.807, 2.05) is 0 Å². The summed E-state index contributed by atoms with van der Waals surface area (Å²) in [7, 11) is 0. The number of H-pyrrole nitrogens is 1. The van der Waals surface area contributed by atoms with Crippen molar-refractivity contribution < 1.29 is 27.1 Å². The van der Waals surface area contributed by atoms with Crippen molar-refractivity contribution in [2.24, 2.45) is 5.73 Å². The van der Waals surface area contributed by atoms with Crippen molar-refractivity contribution in [2.45, 2.75) is 37.9 Å². The van der Waals surface area contributed by atoms with Gasteiger partial charge in [-0.1, -0.05) is 31.0 Å². The number of pyridine rings is 1. The Morgan fingerprint density at radius 1 is 1.05 bits per heavy atom. The molecule has 0 unspecified atom stereocenters. The van der Waals surface area contributed by atoms with Gasteiger partial charge in [0.2, 0.25) is 0 Å². The van der Waals surface area contributed by atoms with Crippen LogP contribution in [0.15, 0.2) is 65.6 Å². The number of benzene rings is 2. The lowest BCUT2D eigenvalue weighted by atomic mass is 10.0. The molecular weight excluding hydrogens is 544 g/mol. The highest BCUT2D eigenvalue weighted by Crippen LogP contribution is 2.40. The molecule has 3 N–H and O–H groups in total. The van der Waals surface area contributed by atoms with Crippen molar-refractivity contribution >= 4 is 17.1 Å². The average Bonchev–Trinajstić information content (AvgIpc) is 3.67. The number of aromatic nitrogens is 5. The van der Waals surface area contributed by atoms with Gasteiger partial charge in [0, 0.05) is 23.9 Å². The first-order valence-electron chi connectivity index (χ1n) is 12.8. The number of fused-ring (bicyclic) bond motifs is 1. The zero-order valence-electron chi connectivity index (χ0n) is 21.3. The number of rotatable bonds is 6. The topological polar surface area (TPSA) is 121 Å². The molecule has 1 aliphatic rings. The van der Waals surface area contributed by atoms with Crippen molar-refractivity contribution in [2.75, 3.05) is 0 Å². The lowest BCUT2D eigenvalue weighted by molar-refractivity contribution is -0.143. The third kappa shape index (κ3) is 4.62. The van der Waals surface area contributed by atoms with Gasteiger partial charge in [0.15, 0.2) is 28.7 Å². The molecule has 3 aromatic heterocycles. The van der Waals surface area contributed by atoms with Crippen molar-refractivity contribution in [1.82, 2.24) is 24.3 Å². The lowest BCUT2D eigenvalue weighted by Gasteiger charge is -2.14. The van der Waals surface area contributed by atoms with Gasteiger partial charge in [0.1, 0.15) is 11.2 Å². The number of carbonyl (C=O) groups excluding carboxylic acids is 1. The zero-order valence-corrected chi connectivity index (χ0v) is 21.3. The minimum absolute atomic E-state index is 0.0375. The number of alkyl halides is 3. The third-order valence-electron chi connectivity index (χ3n) is 7.09. The maximum absolute atomic E-state index is 15.4. The molecule has 9 nitrogen and oxygen atoms in total. The standard InChI is InChI=1S/C28H22F4N6O3/c29-18-14-15(22-21(25(33)39)24(28(30,31)32)38(36-22)17-8-2-1-3-9-17)10-11-19(18)41-20-12-13-34-26-23(20)37(27(40)35-26)16-6-4-5-7-16/h1-3,8-14,16H,4-7H2,(H2,33,39)(H,34,35,40). The van der Waals surface area contributed by atoms with Crippen molar-refractivity contribution in [3.8, 4) is 28.4 Å². The van der Waals surface area contributed by atoms with E-state index >= 15 is 4.39 Å². The molecule has 0 radical (unpaired) electrons. The van der Waals surface area contributed by atoms with E-state index in [4.69, 9.17) is 10.5 Å². The molecule has 13 heteroatoms. The van der Waals surface area contributed by atoms with Crippen LogP contribution >= 0.6 is 0 Å². The molecule has 6 rings (SSSR count). The molecule has 1 saturated carbocycles. The highest BCUT2D eigenvalue weighted by Gasteiger charge is 2.42. The Kier molecular flexibility index (Phi) is 6.36. The second-order valence-corrected chi connectivity index (χ2v) is 9.67. The van der Waals surface area contributed by atoms with Crippen molar-refractivity contribution in [1.29, 1.82) is 0 Å². The number of imidazole rings is 1. The number of nitrogens with zero attached hydrogens (tertiary/aromatic N) is 4. The summed E-state index contributed by atoms with van der Waals surface area (Å²) in [6, 6.07) is 12.3. The van der Waals surface area contributed by atoms with Crippen LogP contribution in [0, 0.1) is 5.82 Å². The van der Waals surface area contributed by atoms with E-state index in [0.717, 1.165) is 31.7 Å². The molecule has 2 aromatic carbocycles. The first-order chi connectivity index (χ1) is 19.6. The SMILES string of the molecule is NC(=O)c1c(-c2ccc(Oc3ccnc4[nH]c(=O)n(C5CCCC5)c34)c(F)c2)nn(-c2ccccc2)c1C(F)(F)F. The summed E-state index contributed by atoms with van der Waals surface area (Å²) < 4.78 is 65.9. The number of amides is 1. The Balaban J connectivity index is 1.43. The number of hydrogen-bond acceptors (Lipinski definition) is 5. The summed E-state index contributed by atoms with van der Waals surface area (Å²) in [4.78, 5) is 31.9. The van der Waals surface area contributed by atoms with Crippen LogP contribution in [0.1, 0.15) is 47.8 Å². The fraction of sp³-hybridized carbons (Fsp3) is 0.214. The predicted molar refractivity (Wildman–Crippen MR) is 140 cm³/mol. The molecular formula is C28H22F4N6O3. The molecule has 0 saturated heterocycles. The second kappa shape index (κ2) is 9.91. The second-order valence-electron chi connectivity index (χ2n) is 9.67. The number of nitrogens with two attached hydrogens (primary N) is 1. The number of primary amides is 1. The molecule has 0 atom stereocenters. The predicted octanol–water partition coefficient (Wildman–Crippen LogP) is 5.74.